The van der Waals surface area contributed by atoms with Crippen molar-refractivity contribution in [3.05, 3.63) is 29.6 Å². The summed E-state index contributed by atoms with van der Waals surface area (Å²) in [4.78, 5) is 2.31. The maximum Gasteiger partial charge on any atom is 0.123 e. The summed E-state index contributed by atoms with van der Waals surface area (Å²) < 4.78 is 25.0. The molecular formula is C20H31ClFN3O2. The zero-order valence-electron chi connectivity index (χ0n) is 15.8. The van der Waals surface area contributed by atoms with E-state index in [-0.39, 0.29) is 18.2 Å². The number of anilines is 1. The summed E-state index contributed by atoms with van der Waals surface area (Å²) in [6, 6.07) is 6.07. The Hall–Kier alpha value is -0.920. The lowest BCUT2D eigenvalue weighted by atomic mass is 9.93. The molecule has 3 aliphatic rings. The highest BCUT2D eigenvalue weighted by Crippen LogP contribution is 2.30. The molecule has 1 aliphatic carbocycles. The summed E-state index contributed by atoms with van der Waals surface area (Å²) in [5.41, 5.74) is 2.18. The fourth-order valence-electron chi connectivity index (χ4n) is 4.63. The molecular weight excluding hydrogens is 369 g/mol. The van der Waals surface area contributed by atoms with Gasteiger partial charge in [-0.2, -0.15) is 0 Å². The average molecular weight is 400 g/mol. The first-order chi connectivity index (χ1) is 12.8. The number of benzene rings is 1. The van der Waals surface area contributed by atoms with Gasteiger partial charge in [0.1, 0.15) is 5.82 Å². The third kappa shape index (κ3) is 5.12. The summed E-state index contributed by atoms with van der Waals surface area (Å²) in [5.74, 6) is 0.430. The zero-order valence-corrected chi connectivity index (χ0v) is 16.6. The van der Waals surface area contributed by atoms with Crippen molar-refractivity contribution in [2.75, 3.05) is 51.0 Å². The Morgan fingerprint density at radius 2 is 2.00 bits per heavy atom. The number of ether oxygens (including phenoxy) is 2. The maximum absolute atomic E-state index is 13.9. The molecule has 0 radical (unpaired) electrons. The second kappa shape index (κ2) is 10.0. The SMILES string of the molecule is Cl.Fc1ccc(N2CCOCC2)c(CNC2CCCC2C2COCCN2)c1. The fourth-order valence-corrected chi connectivity index (χ4v) is 4.63. The number of halogens is 2. The highest BCUT2D eigenvalue weighted by Gasteiger charge is 2.34. The van der Waals surface area contributed by atoms with E-state index in [2.05, 4.69) is 15.5 Å². The number of morpholine rings is 2. The molecule has 3 fully saturated rings. The molecule has 1 aromatic carbocycles. The topological polar surface area (TPSA) is 45.8 Å². The number of nitrogens with zero attached hydrogens (tertiary/aromatic N) is 1. The van der Waals surface area contributed by atoms with Gasteiger partial charge in [-0.3, -0.25) is 0 Å². The first-order valence-electron chi connectivity index (χ1n) is 9.97. The van der Waals surface area contributed by atoms with E-state index < -0.39 is 0 Å². The van der Waals surface area contributed by atoms with Crippen LogP contribution < -0.4 is 15.5 Å². The molecule has 1 saturated carbocycles. The lowest BCUT2D eigenvalue weighted by molar-refractivity contribution is 0.0524. The lowest BCUT2D eigenvalue weighted by Gasteiger charge is -2.34. The average Bonchev–Trinajstić information content (AvgIpc) is 3.16. The van der Waals surface area contributed by atoms with Crippen LogP contribution in [0.2, 0.25) is 0 Å². The Balaban J connectivity index is 0.00000210. The molecule has 0 spiro atoms. The van der Waals surface area contributed by atoms with E-state index in [1.54, 1.807) is 12.1 Å². The van der Waals surface area contributed by atoms with Crippen LogP contribution in [0.25, 0.3) is 0 Å². The van der Waals surface area contributed by atoms with Gasteiger partial charge in [-0.25, -0.2) is 4.39 Å². The number of rotatable bonds is 5. The monoisotopic (exact) mass is 399 g/mol. The van der Waals surface area contributed by atoms with Crippen LogP contribution in [0.4, 0.5) is 10.1 Å². The van der Waals surface area contributed by atoms with Crippen LogP contribution in [0.15, 0.2) is 18.2 Å². The van der Waals surface area contributed by atoms with Gasteiger partial charge in [0.15, 0.2) is 0 Å². The molecule has 2 heterocycles. The molecule has 5 nitrogen and oxygen atoms in total. The first-order valence-corrected chi connectivity index (χ1v) is 9.97. The fraction of sp³-hybridized carbons (Fsp3) is 0.700. The van der Waals surface area contributed by atoms with Crippen molar-refractivity contribution in [2.45, 2.75) is 37.9 Å². The van der Waals surface area contributed by atoms with E-state index in [1.807, 2.05) is 6.07 Å². The minimum atomic E-state index is -0.163. The van der Waals surface area contributed by atoms with E-state index >= 15 is 0 Å². The highest BCUT2D eigenvalue weighted by molar-refractivity contribution is 5.85. The van der Waals surface area contributed by atoms with Crippen molar-refractivity contribution in [1.29, 1.82) is 0 Å². The van der Waals surface area contributed by atoms with Crippen LogP contribution in [0.3, 0.4) is 0 Å². The molecule has 4 rings (SSSR count). The summed E-state index contributed by atoms with van der Waals surface area (Å²) in [7, 11) is 0. The Bertz CT molecular complexity index is 595. The standard InChI is InChI=1S/C20H30FN3O2.ClH/c21-16-4-5-20(24-7-10-25-11-8-24)15(12-16)13-23-18-3-1-2-17(18)19-14-26-9-6-22-19;/h4-5,12,17-19,22-23H,1-3,6-11,13-14H2;1H. The van der Waals surface area contributed by atoms with Crippen molar-refractivity contribution in [1.82, 2.24) is 10.6 Å². The van der Waals surface area contributed by atoms with E-state index in [1.165, 1.54) is 19.3 Å². The molecule has 27 heavy (non-hydrogen) atoms. The third-order valence-corrected chi connectivity index (χ3v) is 5.98. The molecule has 0 bridgehead atoms. The van der Waals surface area contributed by atoms with E-state index in [4.69, 9.17) is 9.47 Å². The minimum absolute atomic E-state index is 0. The van der Waals surface area contributed by atoms with Crippen LogP contribution in [-0.4, -0.2) is 58.1 Å². The molecule has 2 N–H and O–H groups in total. The molecule has 2 saturated heterocycles. The van der Waals surface area contributed by atoms with Gasteiger partial charge >= 0.3 is 0 Å². The van der Waals surface area contributed by atoms with Gasteiger partial charge in [0, 0.05) is 44.0 Å². The Kier molecular flexibility index (Phi) is 7.73. The van der Waals surface area contributed by atoms with Gasteiger partial charge in [-0.05, 0) is 42.5 Å². The normalized spacial score (nSPS) is 28.8. The summed E-state index contributed by atoms with van der Waals surface area (Å²) >= 11 is 0. The Morgan fingerprint density at radius 1 is 1.15 bits per heavy atom. The predicted octanol–water partition coefficient (Wildman–Crippen LogP) is 2.33. The van der Waals surface area contributed by atoms with E-state index in [0.717, 1.165) is 57.3 Å². The minimum Gasteiger partial charge on any atom is -0.379 e. The first kappa shape index (κ1) is 20.8. The Labute approximate surface area is 167 Å². The molecule has 3 atom stereocenters. The van der Waals surface area contributed by atoms with Crippen molar-refractivity contribution in [2.24, 2.45) is 5.92 Å². The van der Waals surface area contributed by atoms with E-state index in [9.17, 15) is 4.39 Å². The molecule has 3 unspecified atom stereocenters. The quantitative estimate of drug-likeness (QED) is 0.795. The van der Waals surface area contributed by atoms with Crippen molar-refractivity contribution in [3.63, 3.8) is 0 Å². The second-order valence-electron chi connectivity index (χ2n) is 7.59. The van der Waals surface area contributed by atoms with Gasteiger partial charge in [-0.1, -0.05) is 6.42 Å². The number of nitrogens with one attached hydrogen (secondary N) is 2. The molecule has 152 valence electrons. The molecule has 1 aromatic rings. The van der Waals surface area contributed by atoms with Crippen LogP contribution in [-0.2, 0) is 16.0 Å². The lowest BCUT2D eigenvalue weighted by Crippen LogP contribution is -2.50. The van der Waals surface area contributed by atoms with Gasteiger partial charge in [0.2, 0.25) is 0 Å². The molecule has 0 amide bonds. The smallest absolute Gasteiger partial charge is 0.123 e. The van der Waals surface area contributed by atoms with Gasteiger partial charge < -0.3 is 25.0 Å². The molecule has 0 aromatic heterocycles. The summed E-state index contributed by atoms with van der Waals surface area (Å²) in [5, 5.41) is 7.35. The highest BCUT2D eigenvalue weighted by atomic mass is 35.5. The predicted molar refractivity (Wildman–Crippen MR) is 107 cm³/mol. The van der Waals surface area contributed by atoms with Crippen LogP contribution in [0.5, 0.6) is 0 Å². The van der Waals surface area contributed by atoms with Crippen LogP contribution in [0, 0.1) is 11.7 Å². The number of hydrogen-bond donors (Lipinski definition) is 2. The number of hydrogen-bond acceptors (Lipinski definition) is 5. The second-order valence-corrected chi connectivity index (χ2v) is 7.59. The largest absolute Gasteiger partial charge is 0.379 e. The maximum atomic E-state index is 13.9. The van der Waals surface area contributed by atoms with Gasteiger partial charge in [0.05, 0.1) is 26.4 Å². The Morgan fingerprint density at radius 3 is 2.78 bits per heavy atom. The molecule has 2 aliphatic heterocycles. The summed E-state index contributed by atoms with van der Waals surface area (Å²) in [6.07, 6.45) is 3.67. The van der Waals surface area contributed by atoms with Gasteiger partial charge in [0.25, 0.3) is 0 Å². The third-order valence-electron chi connectivity index (χ3n) is 5.98. The van der Waals surface area contributed by atoms with Crippen molar-refractivity contribution in [3.8, 4) is 0 Å². The summed E-state index contributed by atoms with van der Waals surface area (Å²) in [6.45, 7) is 6.49. The van der Waals surface area contributed by atoms with Gasteiger partial charge in [-0.15, -0.1) is 12.4 Å². The zero-order chi connectivity index (χ0) is 17.8. The van der Waals surface area contributed by atoms with Crippen LogP contribution >= 0.6 is 12.4 Å². The molecule has 7 heteroatoms. The van der Waals surface area contributed by atoms with E-state index in [0.29, 0.717) is 24.5 Å². The van der Waals surface area contributed by atoms with Crippen molar-refractivity contribution < 1.29 is 13.9 Å². The van der Waals surface area contributed by atoms with Crippen molar-refractivity contribution >= 4 is 18.1 Å². The van der Waals surface area contributed by atoms with Crippen LogP contribution in [0.1, 0.15) is 24.8 Å².